The van der Waals surface area contributed by atoms with E-state index in [9.17, 15) is 19.2 Å². The van der Waals surface area contributed by atoms with E-state index in [0.717, 1.165) is 23.4 Å². The molecule has 3 amide bonds. The van der Waals surface area contributed by atoms with Crippen molar-refractivity contribution in [3.63, 3.8) is 0 Å². The number of thiazole rings is 1. The van der Waals surface area contributed by atoms with Crippen molar-refractivity contribution in [1.29, 1.82) is 0 Å². The molecule has 1 saturated heterocycles. The Morgan fingerprint density at radius 3 is 2.22 bits per heavy atom. The van der Waals surface area contributed by atoms with Crippen LogP contribution >= 0.6 is 11.3 Å². The third-order valence-corrected chi connectivity index (χ3v) is 12.4. The number of Topliss-reactive ketones (excluding diaryl/α,β-unsaturated/α-hetero) is 1. The first-order valence-electron chi connectivity index (χ1n) is 19.8. The Morgan fingerprint density at radius 2 is 1.69 bits per heavy atom. The number of likely N-dealkylation sites (N-methyl/N-ethyl adjacent to an activating group) is 2. The van der Waals surface area contributed by atoms with Gasteiger partial charge in [0.1, 0.15) is 5.01 Å². The number of nitrogens with zero attached hydrogens (tertiary/aromatic N) is 3. The minimum Gasteiger partial charge on any atom is -0.379 e. The quantitative estimate of drug-likeness (QED) is 0.151. The second-order valence-corrected chi connectivity index (χ2v) is 16.7. The highest BCUT2D eigenvalue weighted by Crippen LogP contribution is 2.31. The van der Waals surface area contributed by atoms with E-state index < -0.39 is 30.1 Å². The van der Waals surface area contributed by atoms with Crippen molar-refractivity contribution in [2.75, 3.05) is 34.9 Å². The number of aromatic nitrogens is 1. The molecule has 1 aliphatic heterocycles. The molecule has 1 fully saturated rings. The predicted molar refractivity (Wildman–Crippen MR) is 215 cm³/mol. The number of carbonyl (C=O) groups excluding carboxylic acids is 4. The van der Waals surface area contributed by atoms with Gasteiger partial charge in [-0.3, -0.25) is 19.2 Å². The summed E-state index contributed by atoms with van der Waals surface area (Å²) in [6.07, 6.45) is 3.73. The zero-order valence-electron chi connectivity index (χ0n) is 34.5. The van der Waals surface area contributed by atoms with Gasteiger partial charge in [0.05, 0.1) is 48.7 Å². The van der Waals surface area contributed by atoms with Crippen molar-refractivity contribution < 1.29 is 28.7 Å². The zero-order valence-corrected chi connectivity index (χ0v) is 35.4. The minimum atomic E-state index is -0.578. The molecule has 1 aromatic heterocycles. The van der Waals surface area contributed by atoms with Crippen molar-refractivity contribution >= 4 is 34.8 Å². The summed E-state index contributed by atoms with van der Waals surface area (Å²) in [5.74, 6) is -1.32. The molecule has 1 aliphatic rings. The van der Waals surface area contributed by atoms with Crippen LogP contribution in [0.1, 0.15) is 97.2 Å². The number of nitrogens with one attached hydrogen (secondary N) is 2. The number of rotatable bonds is 22. The van der Waals surface area contributed by atoms with E-state index in [1.165, 1.54) is 11.3 Å². The lowest BCUT2D eigenvalue weighted by Gasteiger charge is -2.41. The summed E-state index contributed by atoms with van der Waals surface area (Å²) in [7, 11) is 6.76. The summed E-state index contributed by atoms with van der Waals surface area (Å²) < 4.78 is 12.1. The number of hydrogen-bond acceptors (Lipinski definition) is 9. The summed E-state index contributed by atoms with van der Waals surface area (Å²) in [6, 6.07) is 8.71. The number of benzene rings is 1. The number of ether oxygens (including phenoxy) is 2. The van der Waals surface area contributed by atoms with E-state index in [1.807, 2.05) is 75.2 Å². The molecule has 2 N–H and O–H groups in total. The lowest BCUT2D eigenvalue weighted by molar-refractivity contribution is -0.149. The van der Waals surface area contributed by atoms with Crippen LogP contribution in [0, 0.1) is 29.6 Å². The maximum atomic E-state index is 14.3. The van der Waals surface area contributed by atoms with Gasteiger partial charge in [0.25, 0.3) is 0 Å². The first kappa shape index (κ1) is 45.2. The molecule has 2 heterocycles. The predicted octanol–water partition coefficient (Wildman–Crippen LogP) is 5.94. The van der Waals surface area contributed by atoms with Crippen LogP contribution in [0.2, 0.25) is 0 Å². The number of hydrogen-bond donors (Lipinski definition) is 2. The van der Waals surface area contributed by atoms with Crippen LogP contribution in [0.15, 0.2) is 41.9 Å². The smallest absolute Gasteiger partial charge is 0.226 e. The Hall–Kier alpha value is -3.19. The highest BCUT2D eigenvalue weighted by atomic mass is 32.1. The Bertz CT molecular complexity index is 1460. The number of ketones is 1. The van der Waals surface area contributed by atoms with Crippen LogP contribution in [-0.2, 0) is 35.1 Å². The van der Waals surface area contributed by atoms with E-state index in [4.69, 9.17) is 9.47 Å². The van der Waals surface area contributed by atoms with Crippen LogP contribution in [0.4, 0.5) is 0 Å². The molecule has 0 bridgehead atoms. The van der Waals surface area contributed by atoms with Gasteiger partial charge >= 0.3 is 0 Å². The largest absolute Gasteiger partial charge is 0.379 e. The summed E-state index contributed by atoms with van der Waals surface area (Å²) in [4.78, 5) is 63.8. The molecule has 2 aromatic rings. The standard InChI is InChI=1S/C42H67N5O6S/c1-12-28(6)38(46(9)42(51)31(26(2)3)24-34(48)37(43-8)27(4)5)35(52-10)25-36(49)47-21-16-19-33(47)39(53-11)29(7)40(50)45-32(41-44-20-22-54-41)23-30-17-14-13-15-18-30/h13-15,17-18,20,22,26-29,31-33,35,37-39,43H,12,16,19,21,23-25H2,1-11H3,(H,45,50)/t28-,29+,31-,32?,33-,35+,37-,38-,39+/m0/s1. The van der Waals surface area contributed by atoms with Gasteiger partial charge in [0.15, 0.2) is 5.78 Å². The second kappa shape index (κ2) is 21.8. The number of likely N-dealkylation sites (tertiary alicyclic amines) is 1. The van der Waals surface area contributed by atoms with Gasteiger partial charge in [-0.2, -0.15) is 0 Å². The van der Waals surface area contributed by atoms with Crippen LogP contribution in [0.3, 0.4) is 0 Å². The van der Waals surface area contributed by atoms with Crippen molar-refractivity contribution in [2.45, 2.75) is 123 Å². The molecule has 9 atom stereocenters. The molecule has 12 heteroatoms. The zero-order chi connectivity index (χ0) is 40.1. The molecule has 0 aliphatic carbocycles. The van der Waals surface area contributed by atoms with E-state index in [2.05, 4.69) is 29.5 Å². The summed E-state index contributed by atoms with van der Waals surface area (Å²) in [6.45, 7) is 14.5. The fraction of sp³-hybridized carbons (Fsp3) is 0.690. The number of amides is 3. The van der Waals surface area contributed by atoms with Crippen LogP contribution in [0.25, 0.3) is 0 Å². The fourth-order valence-electron chi connectivity index (χ4n) is 8.15. The SMILES string of the molecule is CC[C@H](C)[C@@H]([C@@H](CC(=O)N1CCC[C@H]1[C@H](OC)[C@@H](C)C(=O)NC(Cc1ccccc1)c1nccs1)OC)N(C)C(=O)[C@@H](CC(=O)[C@@H](NC)C(C)C)C(C)C. The van der Waals surface area contributed by atoms with E-state index in [-0.39, 0.29) is 72.2 Å². The molecule has 1 aromatic carbocycles. The van der Waals surface area contributed by atoms with Gasteiger partial charge in [0.2, 0.25) is 17.7 Å². The first-order chi connectivity index (χ1) is 25.7. The highest BCUT2D eigenvalue weighted by molar-refractivity contribution is 7.09. The molecule has 0 spiro atoms. The molecular weight excluding hydrogens is 703 g/mol. The third-order valence-electron chi connectivity index (χ3n) is 11.5. The fourth-order valence-corrected chi connectivity index (χ4v) is 8.83. The molecule has 302 valence electrons. The first-order valence-corrected chi connectivity index (χ1v) is 20.6. The van der Waals surface area contributed by atoms with Crippen molar-refractivity contribution in [3.8, 4) is 0 Å². The number of carbonyl (C=O) groups is 4. The van der Waals surface area contributed by atoms with Crippen molar-refractivity contribution in [2.24, 2.45) is 29.6 Å². The van der Waals surface area contributed by atoms with Crippen LogP contribution < -0.4 is 10.6 Å². The maximum Gasteiger partial charge on any atom is 0.226 e. The minimum absolute atomic E-state index is 0.0208. The average Bonchev–Trinajstić information content (AvgIpc) is 3.87. The Morgan fingerprint density at radius 1 is 1.00 bits per heavy atom. The summed E-state index contributed by atoms with van der Waals surface area (Å²) >= 11 is 1.51. The molecule has 11 nitrogen and oxygen atoms in total. The maximum absolute atomic E-state index is 14.3. The summed E-state index contributed by atoms with van der Waals surface area (Å²) in [5, 5.41) is 9.10. The monoisotopic (exact) mass is 769 g/mol. The Balaban J connectivity index is 1.78. The van der Waals surface area contributed by atoms with Gasteiger partial charge in [-0.15, -0.1) is 11.3 Å². The van der Waals surface area contributed by atoms with Gasteiger partial charge in [-0.25, -0.2) is 4.98 Å². The lowest BCUT2D eigenvalue weighted by atomic mass is 9.84. The molecule has 0 saturated carbocycles. The highest BCUT2D eigenvalue weighted by Gasteiger charge is 2.43. The molecular formula is C42H67N5O6S. The van der Waals surface area contributed by atoms with Crippen LogP contribution in [0.5, 0.6) is 0 Å². The number of methoxy groups -OCH3 is 2. The van der Waals surface area contributed by atoms with E-state index >= 15 is 0 Å². The Kier molecular flexibility index (Phi) is 18.2. The van der Waals surface area contributed by atoms with Gasteiger partial charge < -0.3 is 29.9 Å². The van der Waals surface area contributed by atoms with Crippen molar-refractivity contribution in [3.05, 3.63) is 52.5 Å². The van der Waals surface area contributed by atoms with Crippen LogP contribution in [-0.4, -0.2) is 103 Å². The van der Waals surface area contributed by atoms with E-state index in [1.54, 1.807) is 39.4 Å². The molecule has 3 rings (SSSR count). The topological polar surface area (TPSA) is 130 Å². The average molecular weight is 770 g/mol. The van der Waals surface area contributed by atoms with Gasteiger partial charge in [-0.05, 0) is 49.6 Å². The molecule has 1 unspecified atom stereocenters. The molecule has 0 radical (unpaired) electrons. The summed E-state index contributed by atoms with van der Waals surface area (Å²) in [5.41, 5.74) is 1.10. The third kappa shape index (κ3) is 11.7. The normalized spacial score (nSPS) is 19.1. The van der Waals surface area contributed by atoms with Crippen molar-refractivity contribution in [1.82, 2.24) is 25.4 Å². The van der Waals surface area contributed by atoms with Gasteiger partial charge in [0, 0.05) is 51.7 Å². The van der Waals surface area contributed by atoms with E-state index in [0.29, 0.717) is 19.4 Å². The van der Waals surface area contributed by atoms with Gasteiger partial charge in [-0.1, -0.05) is 85.2 Å². The molecule has 54 heavy (non-hydrogen) atoms. The lowest BCUT2D eigenvalue weighted by Crippen LogP contribution is -2.54. The Labute approximate surface area is 328 Å². The second-order valence-electron chi connectivity index (χ2n) is 15.7.